The van der Waals surface area contributed by atoms with E-state index in [0.29, 0.717) is 6.61 Å². The van der Waals surface area contributed by atoms with Gasteiger partial charge in [-0.15, -0.1) is 0 Å². The molecule has 1 aromatic carbocycles. The minimum absolute atomic E-state index is 0.621. The van der Waals surface area contributed by atoms with E-state index in [0.717, 1.165) is 18.0 Å². The topological polar surface area (TPSA) is 21.6 Å². The van der Waals surface area contributed by atoms with E-state index in [2.05, 4.69) is 18.0 Å². The van der Waals surface area contributed by atoms with Crippen molar-refractivity contribution >= 4 is 11.6 Å². The second kappa shape index (κ2) is 6.83. The van der Waals surface area contributed by atoms with E-state index in [1.54, 1.807) is 0 Å². The Morgan fingerprint density at radius 2 is 2.00 bits per heavy atom. The van der Waals surface area contributed by atoms with E-state index in [9.17, 15) is 0 Å². The van der Waals surface area contributed by atoms with Gasteiger partial charge in [0.1, 0.15) is 6.61 Å². The third kappa shape index (κ3) is 4.30. The maximum absolute atomic E-state index is 5.63. The Morgan fingerprint density at radius 3 is 2.56 bits per heavy atom. The number of benzene rings is 1. The number of nitrogens with zero attached hydrogens (tertiary/aromatic N) is 1. The standard InChI is InChI=1S/C14H19NO/c1-4-12(3)11-16-14(5-2)15-13-9-7-6-8-10-13/h4,6-10H,5,11H2,1-3H3/b12-4+,15-14?. The third-order valence-electron chi connectivity index (χ3n) is 2.27. The van der Waals surface area contributed by atoms with Crippen molar-refractivity contribution < 1.29 is 4.74 Å². The molecule has 0 bridgehead atoms. The molecule has 2 nitrogen and oxygen atoms in total. The molecule has 1 aromatic rings. The van der Waals surface area contributed by atoms with Crippen molar-refractivity contribution in [1.82, 2.24) is 0 Å². The molecule has 0 fully saturated rings. The summed E-state index contributed by atoms with van der Waals surface area (Å²) < 4.78 is 5.63. The Balaban J connectivity index is 2.64. The summed E-state index contributed by atoms with van der Waals surface area (Å²) in [4.78, 5) is 4.45. The molecule has 0 aliphatic rings. The van der Waals surface area contributed by atoms with E-state index in [-0.39, 0.29) is 0 Å². The van der Waals surface area contributed by atoms with Crippen molar-refractivity contribution in [2.75, 3.05) is 6.61 Å². The van der Waals surface area contributed by atoms with Gasteiger partial charge in [0, 0.05) is 6.42 Å². The highest BCUT2D eigenvalue weighted by atomic mass is 16.5. The van der Waals surface area contributed by atoms with E-state index in [1.807, 2.05) is 44.2 Å². The van der Waals surface area contributed by atoms with Crippen LogP contribution in [0.1, 0.15) is 27.2 Å². The van der Waals surface area contributed by atoms with Crippen molar-refractivity contribution in [2.24, 2.45) is 4.99 Å². The van der Waals surface area contributed by atoms with Gasteiger partial charge in [0.25, 0.3) is 0 Å². The first-order chi connectivity index (χ1) is 7.76. The molecule has 0 radical (unpaired) electrons. The number of hydrogen-bond acceptors (Lipinski definition) is 2. The zero-order chi connectivity index (χ0) is 11.8. The smallest absolute Gasteiger partial charge is 0.188 e. The summed E-state index contributed by atoms with van der Waals surface area (Å²) in [5.41, 5.74) is 2.16. The highest BCUT2D eigenvalue weighted by molar-refractivity contribution is 5.79. The first-order valence-corrected chi connectivity index (χ1v) is 5.63. The maximum atomic E-state index is 5.63. The van der Waals surface area contributed by atoms with Crippen molar-refractivity contribution in [3.63, 3.8) is 0 Å². The van der Waals surface area contributed by atoms with Crippen molar-refractivity contribution in [3.05, 3.63) is 42.0 Å². The van der Waals surface area contributed by atoms with Crippen molar-refractivity contribution in [3.8, 4) is 0 Å². The molecule has 0 unspecified atom stereocenters. The lowest BCUT2D eigenvalue weighted by molar-refractivity contribution is 0.331. The van der Waals surface area contributed by atoms with E-state index >= 15 is 0 Å². The van der Waals surface area contributed by atoms with Crippen molar-refractivity contribution in [2.45, 2.75) is 27.2 Å². The Labute approximate surface area is 97.7 Å². The molecule has 86 valence electrons. The van der Waals surface area contributed by atoms with Crippen LogP contribution in [0.15, 0.2) is 47.0 Å². The molecule has 0 N–H and O–H groups in total. The molecule has 0 saturated heterocycles. The van der Waals surface area contributed by atoms with Crippen LogP contribution in [0.3, 0.4) is 0 Å². The second-order valence-corrected chi connectivity index (χ2v) is 3.62. The zero-order valence-corrected chi connectivity index (χ0v) is 10.2. The summed E-state index contributed by atoms with van der Waals surface area (Å²) in [6, 6.07) is 9.88. The number of para-hydroxylation sites is 1. The van der Waals surface area contributed by atoms with E-state index in [1.165, 1.54) is 5.57 Å². The predicted molar refractivity (Wildman–Crippen MR) is 69.2 cm³/mol. The molecular weight excluding hydrogens is 198 g/mol. The molecular formula is C14H19NO. The van der Waals surface area contributed by atoms with Crippen LogP contribution in [-0.4, -0.2) is 12.5 Å². The van der Waals surface area contributed by atoms with Gasteiger partial charge in [0.15, 0.2) is 5.90 Å². The van der Waals surface area contributed by atoms with E-state index in [4.69, 9.17) is 4.74 Å². The molecule has 0 spiro atoms. The largest absolute Gasteiger partial charge is 0.476 e. The van der Waals surface area contributed by atoms with Crippen LogP contribution in [0.4, 0.5) is 5.69 Å². The Hall–Kier alpha value is -1.57. The summed E-state index contributed by atoms with van der Waals surface area (Å²) in [5, 5.41) is 0. The summed E-state index contributed by atoms with van der Waals surface area (Å²) in [7, 11) is 0. The SMILES string of the molecule is C/C=C(\C)COC(CC)=Nc1ccccc1. The molecule has 0 aromatic heterocycles. The summed E-state index contributed by atoms with van der Waals surface area (Å²) in [6.45, 7) is 6.73. The molecule has 0 aliphatic heterocycles. The monoisotopic (exact) mass is 217 g/mol. The van der Waals surface area contributed by atoms with Crippen LogP contribution < -0.4 is 0 Å². The minimum Gasteiger partial charge on any atom is -0.476 e. The van der Waals surface area contributed by atoms with Crippen LogP contribution in [0.25, 0.3) is 0 Å². The van der Waals surface area contributed by atoms with E-state index < -0.39 is 0 Å². The Kier molecular flexibility index (Phi) is 5.34. The predicted octanol–water partition coefficient (Wildman–Crippen LogP) is 4.11. The fourth-order valence-corrected chi connectivity index (χ4v) is 1.14. The summed E-state index contributed by atoms with van der Waals surface area (Å²) in [5.74, 6) is 0.785. The molecule has 0 aliphatic carbocycles. The molecule has 0 amide bonds. The van der Waals surface area contributed by atoms with Crippen LogP contribution in [-0.2, 0) is 4.74 Å². The maximum Gasteiger partial charge on any atom is 0.188 e. The fourth-order valence-electron chi connectivity index (χ4n) is 1.14. The number of aliphatic imine (C=N–C) groups is 1. The van der Waals surface area contributed by atoms with Crippen LogP contribution in [0, 0.1) is 0 Å². The molecule has 1 rings (SSSR count). The lowest BCUT2D eigenvalue weighted by Crippen LogP contribution is -2.05. The lowest BCUT2D eigenvalue weighted by Gasteiger charge is -2.07. The van der Waals surface area contributed by atoms with Gasteiger partial charge in [-0.1, -0.05) is 31.2 Å². The molecule has 0 atom stereocenters. The summed E-state index contributed by atoms with van der Waals surface area (Å²) >= 11 is 0. The van der Waals surface area contributed by atoms with Gasteiger partial charge < -0.3 is 4.74 Å². The number of hydrogen-bond donors (Lipinski definition) is 0. The number of ether oxygens (including phenoxy) is 1. The molecule has 0 saturated carbocycles. The minimum atomic E-state index is 0.621. The average Bonchev–Trinajstić information content (AvgIpc) is 2.35. The number of rotatable bonds is 4. The Bertz CT molecular complexity index is 366. The van der Waals surface area contributed by atoms with Gasteiger partial charge >= 0.3 is 0 Å². The highest BCUT2D eigenvalue weighted by Gasteiger charge is 1.98. The van der Waals surface area contributed by atoms with Gasteiger partial charge in [-0.25, -0.2) is 4.99 Å². The van der Waals surface area contributed by atoms with Gasteiger partial charge in [-0.3, -0.25) is 0 Å². The average molecular weight is 217 g/mol. The highest BCUT2D eigenvalue weighted by Crippen LogP contribution is 2.11. The van der Waals surface area contributed by atoms with Gasteiger partial charge in [-0.05, 0) is 31.6 Å². The fraction of sp³-hybridized carbons (Fsp3) is 0.357. The molecule has 2 heteroatoms. The van der Waals surface area contributed by atoms with Gasteiger partial charge in [-0.2, -0.15) is 0 Å². The second-order valence-electron chi connectivity index (χ2n) is 3.62. The lowest BCUT2D eigenvalue weighted by atomic mass is 10.3. The first kappa shape index (κ1) is 12.5. The van der Waals surface area contributed by atoms with Crippen LogP contribution in [0.2, 0.25) is 0 Å². The quantitative estimate of drug-likeness (QED) is 0.422. The van der Waals surface area contributed by atoms with Crippen LogP contribution in [0.5, 0.6) is 0 Å². The molecule has 16 heavy (non-hydrogen) atoms. The van der Waals surface area contributed by atoms with Crippen molar-refractivity contribution in [1.29, 1.82) is 0 Å². The number of allylic oxidation sites excluding steroid dienone is 1. The first-order valence-electron chi connectivity index (χ1n) is 5.63. The van der Waals surface area contributed by atoms with Crippen LogP contribution >= 0.6 is 0 Å². The summed E-state index contributed by atoms with van der Waals surface area (Å²) in [6.07, 6.45) is 2.86. The van der Waals surface area contributed by atoms with Gasteiger partial charge in [0.2, 0.25) is 0 Å². The third-order valence-corrected chi connectivity index (χ3v) is 2.27. The zero-order valence-electron chi connectivity index (χ0n) is 10.2. The van der Waals surface area contributed by atoms with Gasteiger partial charge in [0.05, 0.1) is 5.69 Å². The normalized spacial score (nSPS) is 12.7. The Morgan fingerprint density at radius 1 is 1.31 bits per heavy atom. The molecule has 0 heterocycles.